The Bertz CT molecular complexity index is 649. The van der Waals surface area contributed by atoms with Gasteiger partial charge in [0.25, 0.3) is 0 Å². The molecule has 1 aromatic carbocycles. The first-order valence-corrected chi connectivity index (χ1v) is 7.20. The lowest BCUT2D eigenvalue weighted by molar-refractivity contribution is -0.120. The number of hydrogen-bond donors (Lipinski definition) is 3. The van der Waals surface area contributed by atoms with Crippen LogP contribution in [-0.2, 0) is 17.8 Å². The van der Waals surface area contributed by atoms with E-state index in [0.717, 1.165) is 16.1 Å². The molecule has 0 saturated heterocycles. The highest BCUT2D eigenvalue weighted by atomic mass is 32.1. The average molecular weight is 304 g/mol. The Hall–Kier alpha value is -2.41. The van der Waals surface area contributed by atoms with E-state index in [-0.39, 0.29) is 18.2 Å². The van der Waals surface area contributed by atoms with Crippen molar-refractivity contribution in [2.24, 2.45) is 10.9 Å². The molecule has 0 bridgehead atoms. The Morgan fingerprint density at radius 1 is 1.43 bits per heavy atom. The summed E-state index contributed by atoms with van der Waals surface area (Å²) in [5, 5.41) is 14.4. The highest BCUT2D eigenvalue weighted by Crippen LogP contribution is 2.11. The van der Waals surface area contributed by atoms with E-state index in [9.17, 15) is 4.79 Å². The van der Waals surface area contributed by atoms with E-state index in [4.69, 9.17) is 10.9 Å². The van der Waals surface area contributed by atoms with E-state index < -0.39 is 0 Å². The number of aromatic nitrogens is 1. The number of carbonyl (C=O) groups excluding carboxylic acids is 1. The molecule has 0 aliphatic carbocycles. The molecule has 1 heterocycles. The Morgan fingerprint density at radius 2 is 2.14 bits per heavy atom. The maximum absolute atomic E-state index is 11.9. The van der Waals surface area contributed by atoms with Crippen LogP contribution >= 0.6 is 11.3 Å². The predicted octanol–water partition coefficient (Wildman–Crippen LogP) is 1.40. The fourth-order valence-electron chi connectivity index (χ4n) is 1.77. The molecular formula is C14H16N4O2S. The molecule has 0 aliphatic rings. The van der Waals surface area contributed by atoms with Gasteiger partial charge in [-0.15, -0.1) is 11.3 Å². The van der Waals surface area contributed by atoms with Gasteiger partial charge in [0.2, 0.25) is 5.91 Å². The SMILES string of the molecule is Cc1ncsc1CNC(=O)Cc1ccc(C(N)=NO)cc1. The van der Waals surface area contributed by atoms with Crippen LogP contribution in [0.25, 0.3) is 0 Å². The summed E-state index contributed by atoms with van der Waals surface area (Å²) in [6, 6.07) is 6.99. The Labute approximate surface area is 126 Å². The number of oxime groups is 1. The van der Waals surface area contributed by atoms with Crippen molar-refractivity contribution in [2.45, 2.75) is 19.9 Å². The minimum atomic E-state index is -0.0562. The normalized spacial score (nSPS) is 11.4. The molecule has 2 aromatic rings. The Balaban J connectivity index is 1.89. The molecule has 0 aliphatic heterocycles. The minimum absolute atomic E-state index is 0.0478. The summed E-state index contributed by atoms with van der Waals surface area (Å²) < 4.78 is 0. The summed E-state index contributed by atoms with van der Waals surface area (Å²) in [7, 11) is 0. The van der Waals surface area contributed by atoms with Gasteiger partial charge in [0.1, 0.15) is 0 Å². The molecule has 4 N–H and O–H groups in total. The molecule has 110 valence electrons. The number of nitrogens with zero attached hydrogens (tertiary/aromatic N) is 2. The van der Waals surface area contributed by atoms with Gasteiger partial charge in [0.05, 0.1) is 24.2 Å². The van der Waals surface area contributed by atoms with Gasteiger partial charge in [0.15, 0.2) is 5.84 Å². The van der Waals surface area contributed by atoms with Crippen LogP contribution in [0.2, 0.25) is 0 Å². The lowest BCUT2D eigenvalue weighted by Gasteiger charge is -2.05. The molecule has 0 fully saturated rings. The topological polar surface area (TPSA) is 101 Å². The standard InChI is InChI=1S/C14H16N4O2S/c1-9-12(21-8-17-9)7-16-13(19)6-10-2-4-11(5-3-10)14(15)18-20/h2-5,8,20H,6-7H2,1H3,(H2,15,18)(H,16,19). The number of nitrogens with two attached hydrogens (primary N) is 1. The monoisotopic (exact) mass is 304 g/mol. The first-order valence-electron chi connectivity index (χ1n) is 6.32. The minimum Gasteiger partial charge on any atom is -0.409 e. The molecule has 2 rings (SSSR count). The van der Waals surface area contributed by atoms with Crippen molar-refractivity contribution in [3.8, 4) is 0 Å². The third kappa shape index (κ3) is 4.03. The number of thiazole rings is 1. The number of hydrogen-bond acceptors (Lipinski definition) is 5. The van der Waals surface area contributed by atoms with Crippen LogP contribution in [0.15, 0.2) is 34.9 Å². The number of amidine groups is 1. The molecule has 0 spiro atoms. The van der Waals surface area contributed by atoms with Crippen molar-refractivity contribution >= 4 is 23.1 Å². The Morgan fingerprint density at radius 3 is 2.71 bits per heavy atom. The van der Waals surface area contributed by atoms with Crippen LogP contribution in [-0.4, -0.2) is 21.9 Å². The van der Waals surface area contributed by atoms with Gasteiger partial charge in [-0.1, -0.05) is 29.4 Å². The summed E-state index contributed by atoms with van der Waals surface area (Å²) in [6.45, 7) is 2.42. The van der Waals surface area contributed by atoms with Crippen molar-refractivity contribution in [1.82, 2.24) is 10.3 Å². The highest BCUT2D eigenvalue weighted by molar-refractivity contribution is 7.09. The molecule has 1 amide bonds. The molecule has 7 heteroatoms. The second-order valence-electron chi connectivity index (χ2n) is 4.50. The van der Waals surface area contributed by atoms with Crippen LogP contribution in [0.4, 0.5) is 0 Å². The second-order valence-corrected chi connectivity index (χ2v) is 5.44. The van der Waals surface area contributed by atoms with Crippen LogP contribution in [0, 0.1) is 6.92 Å². The molecule has 0 saturated carbocycles. The van der Waals surface area contributed by atoms with Crippen molar-refractivity contribution in [2.75, 3.05) is 0 Å². The van der Waals surface area contributed by atoms with E-state index in [2.05, 4.69) is 15.5 Å². The summed E-state index contributed by atoms with van der Waals surface area (Å²) in [5.74, 6) is -0.00832. The Kier molecular flexibility index (Phi) is 4.89. The average Bonchev–Trinajstić information content (AvgIpc) is 2.90. The highest BCUT2D eigenvalue weighted by Gasteiger charge is 2.07. The van der Waals surface area contributed by atoms with Gasteiger partial charge in [0, 0.05) is 10.4 Å². The first-order chi connectivity index (χ1) is 10.1. The first kappa shape index (κ1) is 15.0. The molecule has 1 aromatic heterocycles. The summed E-state index contributed by atoms with van der Waals surface area (Å²) in [4.78, 5) is 17.1. The third-order valence-corrected chi connectivity index (χ3v) is 3.95. The quantitative estimate of drug-likeness (QED) is 0.336. The van der Waals surface area contributed by atoms with Crippen molar-refractivity contribution in [1.29, 1.82) is 0 Å². The van der Waals surface area contributed by atoms with Gasteiger partial charge in [-0.3, -0.25) is 4.79 Å². The van der Waals surface area contributed by atoms with Crippen LogP contribution in [0.1, 0.15) is 21.7 Å². The summed E-state index contributed by atoms with van der Waals surface area (Å²) >= 11 is 1.53. The van der Waals surface area contributed by atoms with E-state index in [1.165, 1.54) is 11.3 Å². The molecule has 0 atom stereocenters. The van der Waals surface area contributed by atoms with Crippen LogP contribution < -0.4 is 11.1 Å². The summed E-state index contributed by atoms with van der Waals surface area (Å²) in [6.07, 6.45) is 0.286. The van der Waals surface area contributed by atoms with Crippen molar-refractivity contribution in [3.05, 3.63) is 51.5 Å². The van der Waals surface area contributed by atoms with E-state index in [0.29, 0.717) is 12.1 Å². The zero-order valence-electron chi connectivity index (χ0n) is 11.5. The fraction of sp³-hybridized carbons (Fsp3) is 0.214. The van der Waals surface area contributed by atoms with Gasteiger partial charge in [-0.2, -0.15) is 0 Å². The molecule has 0 unspecified atom stereocenters. The molecule has 6 nitrogen and oxygen atoms in total. The largest absolute Gasteiger partial charge is 0.409 e. The molecule has 21 heavy (non-hydrogen) atoms. The van der Waals surface area contributed by atoms with Gasteiger partial charge in [-0.05, 0) is 12.5 Å². The fourth-order valence-corrected chi connectivity index (χ4v) is 2.49. The third-order valence-electron chi connectivity index (χ3n) is 3.01. The zero-order valence-corrected chi connectivity index (χ0v) is 12.4. The second kappa shape index (κ2) is 6.85. The van der Waals surface area contributed by atoms with E-state index in [1.807, 2.05) is 6.92 Å². The van der Waals surface area contributed by atoms with Gasteiger partial charge in [-0.25, -0.2) is 4.98 Å². The van der Waals surface area contributed by atoms with Crippen LogP contribution in [0.5, 0.6) is 0 Å². The lowest BCUT2D eigenvalue weighted by atomic mass is 10.1. The molecule has 0 radical (unpaired) electrons. The molecular weight excluding hydrogens is 288 g/mol. The maximum Gasteiger partial charge on any atom is 0.224 e. The van der Waals surface area contributed by atoms with E-state index >= 15 is 0 Å². The van der Waals surface area contributed by atoms with Crippen molar-refractivity contribution in [3.63, 3.8) is 0 Å². The number of carbonyl (C=O) groups is 1. The number of rotatable bonds is 5. The number of amides is 1. The predicted molar refractivity (Wildman–Crippen MR) is 81.4 cm³/mol. The van der Waals surface area contributed by atoms with E-state index in [1.54, 1.807) is 29.8 Å². The number of benzene rings is 1. The number of nitrogens with one attached hydrogen (secondary N) is 1. The van der Waals surface area contributed by atoms with Gasteiger partial charge >= 0.3 is 0 Å². The zero-order chi connectivity index (χ0) is 15.2. The lowest BCUT2D eigenvalue weighted by Crippen LogP contribution is -2.24. The van der Waals surface area contributed by atoms with Crippen molar-refractivity contribution < 1.29 is 10.0 Å². The smallest absolute Gasteiger partial charge is 0.224 e. The van der Waals surface area contributed by atoms with Gasteiger partial charge < -0.3 is 16.3 Å². The number of aryl methyl sites for hydroxylation is 1. The summed E-state index contributed by atoms with van der Waals surface area (Å²) in [5.41, 5.74) is 9.67. The van der Waals surface area contributed by atoms with Crippen LogP contribution in [0.3, 0.4) is 0 Å². The maximum atomic E-state index is 11.9.